The number of fused-ring (bicyclic) bond motifs is 1. The van der Waals surface area contributed by atoms with Gasteiger partial charge in [0, 0.05) is 23.1 Å². The second-order valence-electron chi connectivity index (χ2n) is 4.10. The lowest BCUT2D eigenvalue weighted by atomic mass is 10.1. The van der Waals surface area contributed by atoms with Crippen LogP contribution in [0.5, 0.6) is 0 Å². The van der Waals surface area contributed by atoms with Crippen LogP contribution < -0.4 is 0 Å². The number of hydrogen-bond acceptors (Lipinski definition) is 2. The first-order valence-corrected chi connectivity index (χ1v) is 5.06. The summed E-state index contributed by atoms with van der Waals surface area (Å²) < 4.78 is 0. The number of benzene rings is 1. The number of carboxylic acids is 1. The van der Waals surface area contributed by atoms with Crippen LogP contribution in [-0.4, -0.2) is 35.1 Å². The Labute approximate surface area is 93.5 Å². The van der Waals surface area contributed by atoms with E-state index in [1.54, 1.807) is 12.1 Å². The second-order valence-corrected chi connectivity index (χ2v) is 4.10. The van der Waals surface area contributed by atoms with Crippen molar-refractivity contribution in [2.75, 3.05) is 14.1 Å². The quantitative estimate of drug-likeness (QED) is 0.827. The summed E-state index contributed by atoms with van der Waals surface area (Å²) >= 11 is 0. The lowest BCUT2D eigenvalue weighted by Gasteiger charge is -2.06. The molecule has 0 spiro atoms. The van der Waals surface area contributed by atoms with Crippen molar-refractivity contribution in [3.8, 4) is 0 Å². The van der Waals surface area contributed by atoms with Gasteiger partial charge in [0.1, 0.15) is 0 Å². The standard InChI is InChI=1S/C12H14N2O2/c1-14(2)7-8-6-10-9(12(15)16)4-3-5-11(10)13-8/h3-6,13H,7H2,1-2H3,(H,15,16). The highest BCUT2D eigenvalue weighted by Gasteiger charge is 2.10. The van der Waals surface area contributed by atoms with Gasteiger partial charge < -0.3 is 15.0 Å². The van der Waals surface area contributed by atoms with E-state index in [1.807, 2.05) is 31.1 Å². The average molecular weight is 218 g/mol. The van der Waals surface area contributed by atoms with Gasteiger partial charge >= 0.3 is 5.97 Å². The molecule has 0 radical (unpaired) electrons. The van der Waals surface area contributed by atoms with E-state index in [4.69, 9.17) is 5.11 Å². The lowest BCUT2D eigenvalue weighted by Crippen LogP contribution is -2.10. The fourth-order valence-electron chi connectivity index (χ4n) is 1.83. The third-order valence-corrected chi connectivity index (χ3v) is 2.44. The van der Waals surface area contributed by atoms with Crippen LogP contribution in [0.3, 0.4) is 0 Å². The van der Waals surface area contributed by atoms with Crippen molar-refractivity contribution in [3.63, 3.8) is 0 Å². The van der Waals surface area contributed by atoms with Crippen molar-refractivity contribution in [1.29, 1.82) is 0 Å². The SMILES string of the molecule is CN(C)Cc1cc2c(C(=O)O)cccc2[nH]1. The predicted molar refractivity (Wildman–Crippen MR) is 62.6 cm³/mol. The van der Waals surface area contributed by atoms with Crippen LogP contribution in [0.25, 0.3) is 10.9 Å². The predicted octanol–water partition coefficient (Wildman–Crippen LogP) is 1.93. The van der Waals surface area contributed by atoms with Crippen molar-refractivity contribution < 1.29 is 9.90 Å². The van der Waals surface area contributed by atoms with E-state index in [9.17, 15) is 4.79 Å². The molecule has 0 unspecified atom stereocenters. The largest absolute Gasteiger partial charge is 0.478 e. The molecule has 4 heteroatoms. The number of aromatic carboxylic acids is 1. The van der Waals surface area contributed by atoms with Crippen LogP contribution in [0.4, 0.5) is 0 Å². The van der Waals surface area contributed by atoms with Gasteiger partial charge in [0.25, 0.3) is 0 Å². The van der Waals surface area contributed by atoms with Crippen LogP contribution in [0, 0.1) is 0 Å². The Morgan fingerprint density at radius 1 is 1.44 bits per heavy atom. The molecule has 84 valence electrons. The molecule has 1 aromatic heterocycles. The molecule has 0 saturated heterocycles. The van der Waals surface area contributed by atoms with E-state index in [1.165, 1.54) is 0 Å². The van der Waals surface area contributed by atoms with Gasteiger partial charge in [-0.15, -0.1) is 0 Å². The van der Waals surface area contributed by atoms with E-state index in [0.717, 1.165) is 23.1 Å². The van der Waals surface area contributed by atoms with E-state index >= 15 is 0 Å². The summed E-state index contributed by atoms with van der Waals surface area (Å²) in [6, 6.07) is 7.17. The summed E-state index contributed by atoms with van der Waals surface area (Å²) in [7, 11) is 3.95. The minimum absolute atomic E-state index is 0.346. The Morgan fingerprint density at radius 3 is 2.81 bits per heavy atom. The number of carbonyl (C=O) groups is 1. The van der Waals surface area contributed by atoms with Crippen molar-refractivity contribution in [2.24, 2.45) is 0 Å². The van der Waals surface area contributed by atoms with Gasteiger partial charge in [0.05, 0.1) is 5.56 Å². The van der Waals surface area contributed by atoms with Gasteiger partial charge in [-0.25, -0.2) is 4.79 Å². The molecule has 0 aliphatic heterocycles. The summed E-state index contributed by atoms with van der Waals surface area (Å²) in [6.45, 7) is 0.772. The molecule has 2 aromatic rings. The van der Waals surface area contributed by atoms with Crippen LogP contribution >= 0.6 is 0 Å². The zero-order chi connectivity index (χ0) is 11.7. The molecule has 2 N–H and O–H groups in total. The number of aromatic nitrogens is 1. The number of rotatable bonds is 3. The molecule has 4 nitrogen and oxygen atoms in total. The second kappa shape index (κ2) is 3.98. The van der Waals surface area contributed by atoms with Gasteiger partial charge in [-0.05, 0) is 32.3 Å². The Morgan fingerprint density at radius 2 is 2.19 bits per heavy atom. The molecule has 1 aromatic carbocycles. The zero-order valence-corrected chi connectivity index (χ0v) is 9.32. The summed E-state index contributed by atoms with van der Waals surface area (Å²) in [5.74, 6) is -0.888. The third kappa shape index (κ3) is 1.92. The lowest BCUT2D eigenvalue weighted by molar-refractivity contribution is 0.0699. The maximum absolute atomic E-state index is 11.0. The van der Waals surface area contributed by atoms with Gasteiger partial charge in [0.2, 0.25) is 0 Å². The van der Waals surface area contributed by atoms with Gasteiger partial charge in [-0.3, -0.25) is 0 Å². The summed E-state index contributed by atoms with van der Waals surface area (Å²) in [6.07, 6.45) is 0. The van der Waals surface area contributed by atoms with Crippen LogP contribution in [-0.2, 0) is 6.54 Å². The number of carboxylic acid groups (broad SMARTS) is 1. The summed E-state index contributed by atoms with van der Waals surface area (Å²) in [5, 5.41) is 9.82. The normalized spacial score (nSPS) is 11.2. The molecule has 0 aliphatic rings. The molecule has 16 heavy (non-hydrogen) atoms. The van der Waals surface area contributed by atoms with Crippen molar-refractivity contribution in [1.82, 2.24) is 9.88 Å². The van der Waals surface area contributed by atoms with Crippen LogP contribution in [0.2, 0.25) is 0 Å². The van der Waals surface area contributed by atoms with Gasteiger partial charge in [0.15, 0.2) is 0 Å². The maximum atomic E-state index is 11.0. The highest BCUT2D eigenvalue weighted by molar-refractivity contribution is 6.03. The minimum Gasteiger partial charge on any atom is -0.478 e. The fourth-order valence-corrected chi connectivity index (χ4v) is 1.83. The molecule has 2 rings (SSSR count). The number of aromatic amines is 1. The average Bonchev–Trinajstić information content (AvgIpc) is 2.57. The number of H-pyrrole nitrogens is 1. The molecular weight excluding hydrogens is 204 g/mol. The number of hydrogen-bond donors (Lipinski definition) is 2. The molecule has 0 fully saturated rings. The summed E-state index contributed by atoms with van der Waals surface area (Å²) in [4.78, 5) is 16.3. The van der Waals surface area contributed by atoms with Crippen molar-refractivity contribution in [3.05, 3.63) is 35.5 Å². The Kier molecular flexibility index (Phi) is 2.66. The maximum Gasteiger partial charge on any atom is 0.336 e. The zero-order valence-electron chi connectivity index (χ0n) is 9.32. The minimum atomic E-state index is -0.888. The molecule has 0 saturated carbocycles. The van der Waals surface area contributed by atoms with E-state index in [0.29, 0.717) is 5.56 Å². The Balaban J connectivity index is 2.52. The number of nitrogens with zero attached hydrogens (tertiary/aromatic N) is 1. The Hall–Kier alpha value is -1.81. The smallest absolute Gasteiger partial charge is 0.336 e. The van der Waals surface area contributed by atoms with E-state index < -0.39 is 5.97 Å². The van der Waals surface area contributed by atoms with E-state index in [-0.39, 0.29) is 0 Å². The fraction of sp³-hybridized carbons (Fsp3) is 0.250. The topological polar surface area (TPSA) is 56.3 Å². The molecule has 0 aliphatic carbocycles. The molecule has 0 atom stereocenters. The van der Waals surface area contributed by atoms with Crippen LogP contribution in [0.1, 0.15) is 16.1 Å². The molecule has 0 amide bonds. The molecular formula is C12H14N2O2. The van der Waals surface area contributed by atoms with E-state index in [2.05, 4.69) is 4.98 Å². The van der Waals surface area contributed by atoms with Gasteiger partial charge in [-0.1, -0.05) is 6.07 Å². The number of nitrogens with one attached hydrogen (secondary N) is 1. The van der Waals surface area contributed by atoms with Crippen molar-refractivity contribution >= 4 is 16.9 Å². The molecule has 1 heterocycles. The summed E-state index contributed by atoms with van der Waals surface area (Å²) in [5.41, 5.74) is 2.24. The van der Waals surface area contributed by atoms with Crippen molar-refractivity contribution in [2.45, 2.75) is 6.54 Å². The third-order valence-electron chi connectivity index (χ3n) is 2.44. The van der Waals surface area contributed by atoms with Crippen LogP contribution in [0.15, 0.2) is 24.3 Å². The monoisotopic (exact) mass is 218 g/mol. The highest BCUT2D eigenvalue weighted by atomic mass is 16.4. The first-order valence-electron chi connectivity index (χ1n) is 5.06. The highest BCUT2D eigenvalue weighted by Crippen LogP contribution is 2.20. The van der Waals surface area contributed by atoms with Gasteiger partial charge in [-0.2, -0.15) is 0 Å². The Bertz CT molecular complexity index is 529. The molecule has 0 bridgehead atoms. The first kappa shape index (κ1) is 10.7. The first-order chi connectivity index (χ1) is 7.58.